The second-order valence-electron chi connectivity index (χ2n) is 3.18. The lowest BCUT2D eigenvalue weighted by atomic mass is 10.1. The first-order valence-electron chi connectivity index (χ1n) is 3.88. The first-order valence-corrected chi connectivity index (χ1v) is 4.67. The number of hydrogen-bond donors (Lipinski definition) is 0. The molecular formula is C9H12BrNO. The van der Waals surface area contributed by atoms with E-state index in [-0.39, 0.29) is 5.56 Å². The van der Waals surface area contributed by atoms with Crippen molar-refractivity contribution in [3.8, 4) is 0 Å². The molecule has 1 rings (SSSR count). The number of aromatic nitrogens is 1. The summed E-state index contributed by atoms with van der Waals surface area (Å²) in [6, 6.07) is 1.61. The van der Waals surface area contributed by atoms with Crippen LogP contribution in [0, 0.1) is 0 Å². The minimum Gasteiger partial charge on any atom is -0.318 e. The predicted molar refractivity (Wildman–Crippen MR) is 53.5 cm³/mol. The second kappa shape index (κ2) is 3.44. The van der Waals surface area contributed by atoms with Crippen LogP contribution in [0.5, 0.6) is 0 Å². The van der Waals surface area contributed by atoms with Gasteiger partial charge in [-0.3, -0.25) is 4.79 Å². The number of aryl methyl sites for hydroxylation is 1. The van der Waals surface area contributed by atoms with E-state index in [0.717, 1.165) is 10.0 Å². The summed E-state index contributed by atoms with van der Waals surface area (Å²) in [7, 11) is 1.76. The Morgan fingerprint density at radius 2 is 2.08 bits per heavy atom. The van der Waals surface area contributed by atoms with Crippen LogP contribution in [0.2, 0.25) is 0 Å². The molecule has 0 radical (unpaired) electrons. The molecule has 2 nitrogen and oxygen atoms in total. The molecule has 0 spiro atoms. The molecule has 12 heavy (non-hydrogen) atoms. The van der Waals surface area contributed by atoms with Crippen molar-refractivity contribution in [3.63, 3.8) is 0 Å². The van der Waals surface area contributed by atoms with Gasteiger partial charge in [0.2, 0.25) is 0 Å². The smallest absolute Gasteiger partial charge is 0.251 e. The summed E-state index contributed by atoms with van der Waals surface area (Å²) < 4.78 is 2.50. The highest BCUT2D eigenvalue weighted by Crippen LogP contribution is 2.21. The van der Waals surface area contributed by atoms with E-state index in [4.69, 9.17) is 0 Å². The monoisotopic (exact) mass is 229 g/mol. The first-order chi connectivity index (χ1) is 5.52. The van der Waals surface area contributed by atoms with Gasteiger partial charge in [0.25, 0.3) is 5.56 Å². The topological polar surface area (TPSA) is 22.0 Å². The highest BCUT2D eigenvalue weighted by Gasteiger charge is 2.05. The number of rotatable bonds is 1. The maximum atomic E-state index is 11.1. The predicted octanol–water partition coefficient (Wildman–Crippen LogP) is 2.27. The van der Waals surface area contributed by atoms with Crippen LogP contribution in [-0.2, 0) is 7.05 Å². The van der Waals surface area contributed by atoms with Gasteiger partial charge in [-0.1, -0.05) is 29.8 Å². The van der Waals surface area contributed by atoms with Crippen molar-refractivity contribution in [2.24, 2.45) is 7.05 Å². The van der Waals surface area contributed by atoms with Gasteiger partial charge in [0.1, 0.15) is 0 Å². The van der Waals surface area contributed by atoms with Crippen LogP contribution < -0.4 is 5.56 Å². The lowest BCUT2D eigenvalue weighted by molar-refractivity contribution is 0.788. The van der Waals surface area contributed by atoms with Crippen LogP contribution in [0.15, 0.2) is 21.5 Å². The van der Waals surface area contributed by atoms with E-state index >= 15 is 0 Å². The van der Waals surface area contributed by atoms with E-state index in [0.29, 0.717) is 5.92 Å². The van der Waals surface area contributed by atoms with Crippen molar-refractivity contribution in [3.05, 3.63) is 32.7 Å². The quantitative estimate of drug-likeness (QED) is 0.725. The molecule has 0 aliphatic rings. The lowest BCUT2D eigenvalue weighted by Gasteiger charge is -2.09. The van der Waals surface area contributed by atoms with Crippen LogP contribution in [0.1, 0.15) is 25.3 Å². The third-order valence-electron chi connectivity index (χ3n) is 1.83. The summed E-state index contributed by atoms with van der Waals surface area (Å²) in [5.74, 6) is 0.436. The molecule has 0 atom stereocenters. The van der Waals surface area contributed by atoms with Crippen LogP contribution in [0.3, 0.4) is 0 Å². The van der Waals surface area contributed by atoms with Crippen LogP contribution in [0.4, 0.5) is 0 Å². The number of hydrogen-bond acceptors (Lipinski definition) is 1. The zero-order valence-corrected chi connectivity index (χ0v) is 9.05. The van der Waals surface area contributed by atoms with Gasteiger partial charge in [-0.25, -0.2) is 0 Å². The molecule has 1 heterocycles. The third kappa shape index (κ3) is 1.78. The summed E-state index contributed by atoms with van der Waals surface area (Å²) in [5, 5.41) is 0. The Bertz CT molecular complexity index is 341. The SMILES string of the molecule is CC(C)c1cn(C)c(=O)cc1Br. The van der Waals surface area contributed by atoms with Gasteiger partial charge in [-0.15, -0.1) is 0 Å². The van der Waals surface area contributed by atoms with Crippen LogP contribution in [-0.4, -0.2) is 4.57 Å². The van der Waals surface area contributed by atoms with E-state index in [1.165, 1.54) is 0 Å². The van der Waals surface area contributed by atoms with E-state index in [9.17, 15) is 4.79 Å². The standard InChI is InChI=1S/C9H12BrNO/c1-6(2)7-5-11(3)9(12)4-8(7)10/h4-6H,1-3H3. The third-order valence-corrected chi connectivity index (χ3v) is 2.52. The fraction of sp³-hybridized carbons (Fsp3) is 0.444. The van der Waals surface area contributed by atoms with E-state index in [1.54, 1.807) is 17.7 Å². The fourth-order valence-electron chi connectivity index (χ4n) is 1.05. The van der Waals surface area contributed by atoms with Gasteiger partial charge in [-0.05, 0) is 11.5 Å². The van der Waals surface area contributed by atoms with Crippen molar-refractivity contribution in [1.82, 2.24) is 4.57 Å². The highest BCUT2D eigenvalue weighted by atomic mass is 79.9. The van der Waals surface area contributed by atoms with Gasteiger partial charge in [0, 0.05) is 23.8 Å². The summed E-state index contributed by atoms with van der Waals surface area (Å²) in [5.41, 5.74) is 1.18. The highest BCUT2D eigenvalue weighted by molar-refractivity contribution is 9.10. The van der Waals surface area contributed by atoms with Gasteiger partial charge in [0.15, 0.2) is 0 Å². The van der Waals surface area contributed by atoms with Gasteiger partial charge >= 0.3 is 0 Å². The molecule has 0 fully saturated rings. The largest absolute Gasteiger partial charge is 0.318 e. The lowest BCUT2D eigenvalue weighted by Crippen LogP contribution is -2.16. The molecular weight excluding hydrogens is 218 g/mol. The summed E-state index contributed by atoms with van der Waals surface area (Å²) in [4.78, 5) is 11.1. The molecule has 66 valence electrons. The Hall–Kier alpha value is -0.570. The molecule has 0 saturated carbocycles. The summed E-state index contributed by atoms with van der Waals surface area (Å²) in [6.07, 6.45) is 1.87. The molecule has 0 saturated heterocycles. The van der Waals surface area contributed by atoms with E-state index in [1.807, 2.05) is 6.20 Å². The van der Waals surface area contributed by atoms with Crippen molar-refractivity contribution in [1.29, 1.82) is 0 Å². The average Bonchev–Trinajstić information content (AvgIpc) is 1.96. The Kier molecular flexibility index (Phi) is 2.73. The molecule has 1 aromatic rings. The number of pyridine rings is 1. The Morgan fingerprint density at radius 3 is 2.58 bits per heavy atom. The fourth-order valence-corrected chi connectivity index (χ4v) is 1.81. The second-order valence-corrected chi connectivity index (χ2v) is 4.03. The maximum Gasteiger partial charge on any atom is 0.251 e. The molecule has 3 heteroatoms. The Labute approximate surface area is 80.3 Å². The number of halogens is 1. The summed E-state index contributed by atoms with van der Waals surface area (Å²) in [6.45, 7) is 4.20. The van der Waals surface area contributed by atoms with Crippen molar-refractivity contribution < 1.29 is 0 Å². The molecule has 0 amide bonds. The van der Waals surface area contributed by atoms with Crippen LogP contribution in [0.25, 0.3) is 0 Å². The zero-order chi connectivity index (χ0) is 9.30. The van der Waals surface area contributed by atoms with Gasteiger partial charge in [-0.2, -0.15) is 0 Å². The normalized spacial score (nSPS) is 10.8. The molecule has 0 bridgehead atoms. The molecule has 1 aromatic heterocycles. The molecule has 0 aromatic carbocycles. The minimum atomic E-state index is 0.0197. The Balaban J connectivity index is 3.33. The van der Waals surface area contributed by atoms with Crippen molar-refractivity contribution in [2.45, 2.75) is 19.8 Å². The van der Waals surface area contributed by atoms with E-state index < -0.39 is 0 Å². The molecule has 0 N–H and O–H groups in total. The minimum absolute atomic E-state index is 0.0197. The summed E-state index contributed by atoms with van der Waals surface area (Å²) >= 11 is 3.37. The Morgan fingerprint density at radius 1 is 1.50 bits per heavy atom. The van der Waals surface area contributed by atoms with Crippen LogP contribution >= 0.6 is 15.9 Å². The van der Waals surface area contributed by atoms with Gasteiger partial charge < -0.3 is 4.57 Å². The molecule has 0 aliphatic heterocycles. The first kappa shape index (κ1) is 9.52. The van der Waals surface area contributed by atoms with Crippen molar-refractivity contribution in [2.75, 3.05) is 0 Å². The van der Waals surface area contributed by atoms with E-state index in [2.05, 4.69) is 29.8 Å². The number of nitrogens with zero attached hydrogens (tertiary/aromatic N) is 1. The molecule has 0 aliphatic carbocycles. The van der Waals surface area contributed by atoms with Crippen molar-refractivity contribution >= 4 is 15.9 Å². The molecule has 0 unspecified atom stereocenters. The van der Waals surface area contributed by atoms with Gasteiger partial charge in [0.05, 0.1) is 0 Å². The average molecular weight is 230 g/mol. The zero-order valence-electron chi connectivity index (χ0n) is 7.47. The maximum absolute atomic E-state index is 11.1.